The van der Waals surface area contributed by atoms with E-state index in [1.807, 2.05) is 46.3 Å². The summed E-state index contributed by atoms with van der Waals surface area (Å²) in [5.41, 5.74) is 3.98. The van der Waals surface area contributed by atoms with Crippen LogP contribution in [0.4, 0.5) is 5.95 Å². The lowest BCUT2D eigenvalue weighted by Crippen LogP contribution is -2.45. The standard InChI is InChI=1S/C27H24ClN7O3S2/c28-20-7-9-22(10-8-20)40(37,38)34-13-1-2-21(17-34)31-26-29-12-11-23(32-26)25-24(33-27-35(25)14-15-39-27)19-5-3-18(4-6-19)16-30-36/h3-12,14-15,21H,1-2,13,16-17H2,(H,29,31,32)/t21-/m1/s1. The number of imidazole rings is 1. The first kappa shape index (κ1) is 26.5. The van der Waals surface area contributed by atoms with Gasteiger partial charge in [-0.25, -0.2) is 23.4 Å². The number of piperidine rings is 1. The van der Waals surface area contributed by atoms with Crippen LogP contribution in [0.1, 0.15) is 18.4 Å². The summed E-state index contributed by atoms with van der Waals surface area (Å²) in [7, 11) is -3.65. The Balaban J connectivity index is 1.27. The maximum Gasteiger partial charge on any atom is 0.243 e. The number of halogens is 1. The van der Waals surface area contributed by atoms with Gasteiger partial charge in [0.1, 0.15) is 12.2 Å². The number of benzene rings is 2. The van der Waals surface area contributed by atoms with Crippen LogP contribution in [0.25, 0.3) is 27.6 Å². The molecule has 1 aliphatic heterocycles. The number of fused-ring (bicyclic) bond motifs is 1. The van der Waals surface area contributed by atoms with E-state index in [0.29, 0.717) is 36.2 Å². The Kier molecular flexibility index (Phi) is 7.32. The normalized spacial score (nSPS) is 16.3. The average Bonchev–Trinajstić information content (AvgIpc) is 3.56. The van der Waals surface area contributed by atoms with Gasteiger partial charge < -0.3 is 5.32 Å². The zero-order chi connectivity index (χ0) is 27.7. The van der Waals surface area contributed by atoms with Crippen LogP contribution in [0.2, 0.25) is 5.02 Å². The Morgan fingerprint density at radius 1 is 1.07 bits per heavy atom. The van der Waals surface area contributed by atoms with E-state index < -0.39 is 10.0 Å². The van der Waals surface area contributed by atoms with Crippen LogP contribution in [-0.4, -0.2) is 51.2 Å². The highest BCUT2D eigenvalue weighted by Gasteiger charge is 2.30. The van der Waals surface area contributed by atoms with Crippen molar-refractivity contribution in [2.45, 2.75) is 30.3 Å². The molecule has 10 nitrogen and oxygen atoms in total. The molecule has 4 heterocycles. The van der Waals surface area contributed by atoms with Crippen LogP contribution >= 0.6 is 22.9 Å². The summed E-state index contributed by atoms with van der Waals surface area (Å²) in [4.78, 5) is 25.8. The van der Waals surface area contributed by atoms with E-state index in [4.69, 9.17) is 21.6 Å². The van der Waals surface area contributed by atoms with Crippen LogP contribution < -0.4 is 5.32 Å². The second kappa shape index (κ2) is 11.0. The summed E-state index contributed by atoms with van der Waals surface area (Å²) in [6.07, 6.45) is 5.13. The molecule has 1 atom stereocenters. The van der Waals surface area contributed by atoms with Crippen molar-refractivity contribution in [2.75, 3.05) is 18.4 Å². The van der Waals surface area contributed by atoms with Crippen LogP contribution in [0.5, 0.6) is 0 Å². The van der Waals surface area contributed by atoms with Gasteiger partial charge in [0.05, 0.1) is 16.3 Å². The highest BCUT2D eigenvalue weighted by atomic mass is 35.5. The minimum Gasteiger partial charge on any atom is -0.350 e. The van der Waals surface area contributed by atoms with Crippen LogP contribution in [0.3, 0.4) is 0 Å². The third-order valence-electron chi connectivity index (χ3n) is 6.80. The van der Waals surface area contributed by atoms with Crippen LogP contribution in [0, 0.1) is 4.91 Å². The van der Waals surface area contributed by atoms with Gasteiger partial charge in [-0.3, -0.25) is 4.40 Å². The first-order valence-corrected chi connectivity index (χ1v) is 15.3. The zero-order valence-electron chi connectivity index (χ0n) is 21.1. The summed E-state index contributed by atoms with van der Waals surface area (Å²) < 4.78 is 29.9. The van der Waals surface area contributed by atoms with Crippen molar-refractivity contribution < 1.29 is 8.42 Å². The van der Waals surface area contributed by atoms with Gasteiger partial charge in [0.2, 0.25) is 16.0 Å². The third kappa shape index (κ3) is 5.22. The minimum absolute atomic E-state index is 0.117. The molecular formula is C27H24ClN7O3S2. The van der Waals surface area contributed by atoms with E-state index in [-0.39, 0.29) is 17.5 Å². The van der Waals surface area contributed by atoms with Crippen LogP contribution in [0.15, 0.2) is 82.4 Å². The molecule has 0 spiro atoms. The van der Waals surface area contributed by atoms with E-state index in [9.17, 15) is 13.3 Å². The van der Waals surface area contributed by atoms with Crippen molar-refractivity contribution in [3.8, 4) is 22.6 Å². The van der Waals surface area contributed by atoms with Crippen molar-refractivity contribution >= 4 is 43.9 Å². The van der Waals surface area contributed by atoms with Crippen molar-refractivity contribution in [1.29, 1.82) is 0 Å². The molecule has 2 aromatic carbocycles. The second-order valence-electron chi connectivity index (χ2n) is 9.41. The number of thiazole rings is 1. The van der Waals surface area contributed by atoms with Gasteiger partial charge in [-0.05, 0) is 48.7 Å². The van der Waals surface area contributed by atoms with Gasteiger partial charge in [0.15, 0.2) is 4.96 Å². The Morgan fingerprint density at radius 2 is 1.88 bits per heavy atom. The number of sulfonamides is 1. The van der Waals surface area contributed by atoms with Gasteiger partial charge in [-0.2, -0.15) is 9.21 Å². The molecule has 204 valence electrons. The molecule has 0 saturated carbocycles. The predicted molar refractivity (Wildman–Crippen MR) is 156 cm³/mol. The van der Waals surface area contributed by atoms with E-state index in [2.05, 4.69) is 15.5 Å². The zero-order valence-corrected chi connectivity index (χ0v) is 23.5. The number of hydrogen-bond donors (Lipinski definition) is 1. The van der Waals surface area contributed by atoms with Crippen molar-refractivity contribution in [3.05, 3.63) is 87.9 Å². The summed E-state index contributed by atoms with van der Waals surface area (Å²) in [5.74, 6) is 0.414. The quantitative estimate of drug-likeness (QED) is 0.229. The fourth-order valence-electron chi connectivity index (χ4n) is 4.85. The molecule has 6 rings (SSSR count). The number of nitrogens with one attached hydrogen (secondary N) is 1. The number of nitrogens with zero attached hydrogens (tertiary/aromatic N) is 6. The molecule has 0 amide bonds. The van der Waals surface area contributed by atoms with Gasteiger partial charge in [-0.15, -0.1) is 11.3 Å². The van der Waals surface area contributed by atoms with Gasteiger partial charge in [-0.1, -0.05) is 41.0 Å². The number of nitroso groups, excluding NO2 is 1. The molecule has 0 unspecified atom stereocenters. The summed E-state index contributed by atoms with van der Waals surface area (Å²) in [5, 5.41) is 8.77. The van der Waals surface area contributed by atoms with E-state index in [1.165, 1.54) is 27.8 Å². The number of anilines is 1. The molecule has 0 radical (unpaired) electrons. The largest absolute Gasteiger partial charge is 0.350 e. The van der Waals surface area contributed by atoms with Gasteiger partial charge in [0, 0.05) is 47.5 Å². The molecule has 3 aromatic heterocycles. The molecule has 5 aromatic rings. The van der Waals surface area contributed by atoms with Crippen molar-refractivity contribution in [1.82, 2.24) is 23.7 Å². The molecule has 0 aliphatic carbocycles. The Hall–Kier alpha value is -3.71. The SMILES string of the molecule is O=NCc1ccc(-c2nc3sccn3c2-c2ccnc(N[C@@H]3CCCN(S(=O)(=O)c4ccc(Cl)cc4)C3)n2)cc1. The molecule has 1 aliphatic rings. The lowest BCUT2D eigenvalue weighted by molar-refractivity contribution is 0.326. The van der Waals surface area contributed by atoms with Gasteiger partial charge in [0.25, 0.3) is 0 Å². The first-order chi connectivity index (χ1) is 19.4. The lowest BCUT2D eigenvalue weighted by Gasteiger charge is -2.32. The number of hydrogen-bond acceptors (Lipinski definition) is 9. The highest BCUT2D eigenvalue weighted by Crippen LogP contribution is 2.34. The Morgan fingerprint density at radius 3 is 2.65 bits per heavy atom. The molecule has 13 heteroatoms. The fourth-order valence-corrected chi connectivity index (χ4v) is 7.21. The number of aromatic nitrogens is 4. The summed E-state index contributed by atoms with van der Waals surface area (Å²) >= 11 is 7.47. The van der Waals surface area contributed by atoms with E-state index >= 15 is 0 Å². The van der Waals surface area contributed by atoms with Crippen LogP contribution in [-0.2, 0) is 16.6 Å². The van der Waals surface area contributed by atoms with Crippen molar-refractivity contribution in [3.63, 3.8) is 0 Å². The monoisotopic (exact) mass is 593 g/mol. The number of rotatable bonds is 8. The minimum atomic E-state index is -3.65. The maximum atomic E-state index is 13.2. The topological polar surface area (TPSA) is 122 Å². The van der Waals surface area contributed by atoms with Gasteiger partial charge >= 0.3 is 0 Å². The maximum absolute atomic E-state index is 13.2. The predicted octanol–water partition coefficient (Wildman–Crippen LogP) is 5.70. The smallest absolute Gasteiger partial charge is 0.243 e. The van der Waals surface area contributed by atoms with E-state index in [0.717, 1.165) is 33.9 Å². The second-order valence-corrected chi connectivity index (χ2v) is 12.7. The molecule has 1 fully saturated rings. The summed E-state index contributed by atoms with van der Waals surface area (Å²) in [6.45, 7) is 0.861. The Bertz CT molecular complexity index is 1770. The molecule has 1 saturated heterocycles. The summed E-state index contributed by atoms with van der Waals surface area (Å²) in [6, 6.07) is 15.5. The molecule has 40 heavy (non-hydrogen) atoms. The first-order valence-electron chi connectivity index (χ1n) is 12.6. The average molecular weight is 594 g/mol. The molecule has 0 bridgehead atoms. The lowest BCUT2D eigenvalue weighted by atomic mass is 10.1. The molecule has 1 N–H and O–H groups in total. The van der Waals surface area contributed by atoms with Crippen molar-refractivity contribution in [2.24, 2.45) is 5.18 Å². The molecular weight excluding hydrogens is 570 g/mol. The Labute approximate surface area is 239 Å². The third-order valence-corrected chi connectivity index (χ3v) is 9.69. The van der Waals surface area contributed by atoms with E-state index in [1.54, 1.807) is 18.3 Å². The highest BCUT2D eigenvalue weighted by molar-refractivity contribution is 7.89. The fraction of sp³-hybridized carbons (Fsp3) is 0.222.